The van der Waals surface area contributed by atoms with Gasteiger partial charge in [-0.1, -0.05) is 28.9 Å². The Hall–Kier alpha value is -3.23. The smallest absolute Gasteiger partial charge is 0.255 e. The van der Waals surface area contributed by atoms with Gasteiger partial charge in [0.25, 0.3) is 5.91 Å². The lowest BCUT2D eigenvalue weighted by atomic mass is 9.95. The van der Waals surface area contributed by atoms with Gasteiger partial charge in [0.15, 0.2) is 0 Å². The molecule has 0 atom stereocenters. The average Bonchev–Trinajstić information content (AvgIpc) is 3.58. The zero-order valence-electron chi connectivity index (χ0n) is 19.5. The number of aromatic nitrogens is 2. The molecule has 2 aliphatic rings. The number of piperidine rings is 1. The Bertz CT molecular complexity index is 1180. The van der Waals surface area contributed by atoms with Crippen molar-refractivity contribution in [1.29, 1.82) is 0 Å². The molecular weight excluding hydrogens is 466 g/mol. The molecule has 0 bridgehead atoms. The van der Waals surface area contributed by atoms with E-state index in [2.05, 4.69) is 20.4 Å². The van der Waals surface area contributed by atoms with E-state index in [1.807, 2.05) is 35.2 Å². The van der Waals surface area contributed by atoms with Crippen molar-refractivity contribution in [2.24, 2.45) is 5.92 Å². The fraction of sp³-hybridized carbons (Fsp3) is 0.385. The Labute approximate surface area is 209 Å². The summed E-state index contributed by atoms with van der Waals surface area (Å²) in [4.78, 5) is 34.5. The third kappa shape index (κ3) is 5.55. The molecule has 3 heterocycles. The van der Waals surface area contributed by atoms with Gasteiger partial charge >= 0.3 is 0 Å². The Morgan fingerprint density at radius 1 is 1.00 bits per heavy atom. The predicted octanol–water partition coefficient (Wildman–Crippen LogP) is 4.48. The molecule has 0 aliphatic carbocycles. The molecule has 2 saturated heterocycles. The maximum absolute atomic E-state index is 13.0. The lowest BCUT2D eigenvalue weighted by Crippen LogP contribution is -2.38. The van der Waals surface area contributed by atoms with E-state index in [9.17, 15) is 9.59 Å². The van der Waals surface area contributed by atoms with Crippen LogP contribution in [0, 0.1) is 5.92 Å². The highest BCUT2D eigenvalue weighted by Gasteiger charge is 2.28. The van der Waals surface area contributed by atoms with Crippen molar-refractivity contribution in [2.75, 3.05) is 31.5 Å². The van der Waals surface area contributed by atoms with Gasteiger partial charge in [0.05, 0.1) is 17.8 Å². The van der Waals surface area contributed by atoms with E-state index in [0.717, 1.165) is 57.4 Å². The van der Waals surface area contributed by atoms with Crippen molar-refractivity contribution in [3.05, 3.63) is 65.0 Å². The van der Waals surface area contributed by atoms with Crippen LogP contribution in [0.25, 0.3) is 11.4 Å². The first-order chi connectivity index (χ1) is 17.1. The molecule has 1 aromatic heterocycles. The minimum atomic E-state index is -0.103. The van der Waals surface area contributed by atoms with Crippen molar-refractivity contribution in [1.82, 2.24) is 19.9 Å². The molecule has 8 nitrogen and oxygen atoms in total. The first-order valence-corrected chi connectivity index (χ1v) is 12.4. The maximum Gasteiger partial charge on any atom is 0.255 e. The van der Waals surface area contributed by atoms with Crippen LogP contribution >= 0.6 is 11.6 Å². The van der Waals surface area contributed by atoms with Crippen LogP contribution in [0.4, 0.5) is 5.69 Å². The number of hydrogen-bond acceptors (Lipinski definition) is 6. The van der Waals surface area contributed by atoms with E-state index < -0.39 is 0 Å². The van der Waals surface area contributed by atoms with Gasteiger partial charge in [-0.25, -0.2) is 0 Å². The number of para-hydroxylation sites is 1. The molecule has 2 aromatic carbocycles. The summed E-state index contributed by atoms with van der Waals surface area (Å²) in [6, 6.07) is 14.6. The summed E-state index contributed by atoms with van der Waals surface area (Å²) in [6.07, 6.45) is 3.52. The monoisotopic (exact) mass is 493 g/mol. The number of nitrogens with zero attached hydrogens (tertiary/aromatic N) is 4. The summed E-state index contributed by atoms with van der Waals surface area (Å²) < 4.78 is 5.43. The second-order valence-corrected chi connectivity index (χ2v) is 9.54. The number of rotatable bonds is 6. The second-order valence-electron chi connectivity index (χ2n) is 9.10. The lowest BCUT2D eigenvalue weighted by Gasteiger charge is -2.30. The highest BCUT2D eigenvalue weighted by molar-refractivity contribution is 6.30. The molecule has 0 spiro atoms. The van der Waals surface area contributed by atoms with Crippen molar-refractivity contribution >= 4 is 29.1 Å². The Balaban J connectivity index is 1.15. The molecular formula is C26H28ClN5O3. The Morgan fingerprint density at radius 3 is 2.46 bits per heavy atom. The fourth-order valence-corrected chi connectivity index (χ4v) is 4.81. The molecule has 182 valence electrons. The van der Waals surface area contributed by atoms with Crippen LogP contribution in [0.15, 0.2) is 53.1 Å². The molecule has 35 heavy (non-hydrogen) atoms. The summed E-state index contributed by atoms with van der Waals surface area (Å²) in [6.45, 7) is 3.61. The Kier molecular flexibility index (Phi) is 7.11. The zero-order chi connectivity index (χ0) is 24.2. The number of carbonyl (C=O) groups is 2. The topological polar surface area (TPSA) is 91.6 Å². The third-order valence-electron chi connectivity index (χ3n) is 6.70. The van der Waals surface area contributed by atoms with Crippen LogP contribution in [-0.4, -0.2) is 57.9 Å². The van der Waals surface area contributed by atoms with E-state index in [-0.39, 0.29) is 17.7 Å². The molecule has 2 amide bonds. The second kappa shape index (κ2) is 10.6. The number of anilines is 1. The number of amides is 2. The van der Waals surface area contributed by atoms with Crippen LogP contribution in [0.1, 0.15) is 41.9 Å². The van der Waals surface area contributed by atoms with Gasteiger partial charge in [0, 0.05) is 29.6 Å². The van der Waals surface area contributed by atoms with Crippen LogP contribution < -0.4 is 5.32 Å². The van der Waals surface area contributed by atoms with Crippen molar-refractivity contribution in [3.63, 3.8) is 0 Å². The van der Waals surface area contributed by atoms with Gasteiger partial charge < -0.3 is 14.7 Å². The third-order valence-corrected chi connectivity index (χ3v) is 6.95. The number of hydrogen-bond donors (Lipinski definition) is 1. The van der Waals surface area contributed by atoms with Crippen LogP contribution in [0.5, 0.6) is 0 Å². The molecule has 2 fully saturated rings. The van der Waals surface area contributed by atoms with E-state index in [4.69, 9.17) is 16.1 Å². The molecule has 0 unspecified atom stereocenters. The number of halogens is 1. The number of likely N-dealkylation sites (tertiary alicyclic amines) is 2. The van der Waals surface area contributed by atoms with Gasteiger partial charge in [0.1, 0.15) is 0 Å². The Morgan fingerprint density at radius 2 is 1.71 bits per heavy atom. The predicted molar refractivity (Wildman–Crippen MR) is 133 cm³/mol. The quantitative estimate of drug-likeness (QED) is 0.544. The summed E-state index contributed by atoms with van der Waals surface area (Å²) >= 11 is 5.94. The van der Waals surface area contributed by atoms with E-state index in [1.165, 1.54) is 0 Å². The maximum atomic E-state index is 13.0. The molecule has 2 aliphatic heterocycles. The molecule has 0 radical (unpaired) electrons. The van der Waals surface area contributed by atoms with Crippen LogP contribution in [0.3, 0.4) is 0 Å². The molecule has 5 rings (SSSR count). The minimum absolute atomic E-state index is 0.00857. The number of carbonyl (C=O) groups excluding carboxylic acids is 2. The minimum Gasteiger partial charge on any atom is -0.339 e. The molecule has 1 N–H and O–H groups in total. The lowest BCUT2D eigenvalue weighted by molar-refractivity contribution is -0.121. The largest absolute Gasteiger partial charge is 0.339 e. The van der Waals surface area contributed by atoms with E-state index in [0.29, 0.717) is 34.5 Å². The fourth-order valence-electron chi connectivity index (χ4n) is 4.68. The molecule has 9 heteroatoms. The van der Waals surface area contributed by atoms with Gasteiger partial charge in [-0.2, -0.15) is 4.98 Å². The van der Waals surface area contributed by atoms with Gasteiger partial charge in [0.2, 0.25) is 17.6 Å². The molecule has 3 aromatic rings. The summed E-state index contributed by atoms with van der Waals surface area (Å²) in [5, 5.41) is 7.75. The van der Waals surface area contributed by atoms with E-state index >= 15 is 0 Å². The highest BCUT2D eigenvalue weighted by atomic mass is 35.5. The number of benzene rings is 2. The van der Waals surface area contributed by atoms with Crippen molar-refractivity contribution in [3.8, 4) is 11.4 Å². The van der Waals surface area contributed by atoms with E-state index in [1.54, 1.807) is 18.2 Å². The summed E-state index contributed by atoms with van der Waals surface area (Å²) in [5.41, 5.74) is 2.01. The van der Waals surface area contributed by atoms with Crippen LogP contribution in [0.2, 0.25) is 5.02 Å². The summed E-state index contributed by atoms with van der Waals surface area (Å²) in [7, 11) is 0. The first-order valence-electron chi connectivity index (χ1n) is 12.1. The van der Waals surface area contributed by atoms with Crippen molar-refractivity contribution in [2.45, 2.75) is 32.2 Å². The zero-order valence-corrected chi connectivity index (χ0v) is 20.2. The average molecular weight is 494 g/mol. The molecule has 0 saturated carbocycles. The van der Waals surface area contributed by atoms with Crippen LogP contribution in [-0.2, 0) is 11.3 Å². The normalized spacial score (nSPS) is 17.0. The standard InChI is InChI=1S/C26H28ClN5O3/c27-20-9-7-18(8-10-20)24-29-23(35-30-24)17-31-15-11-19(12-16-31)25(33)28-22-6-2-1-5-21(22)26(34)32-13-3-4-14-32/h1-2,5-10,19H,3-4,11-17H2,(H,28,33). The highest BCUT2D eigenvalue weighted by Crippen LogP contribution is 2.25. The SMILES string of the molecule is O=C(Nc1ccccc1C(=O)N1CCCC1)C1CCN(Cc2nc(-c3ccc(Cl)cc3)no2)CC1. The van der Waals surface area contributed by atoms with Gasteiger partial charge in [-0.15, -0.1) is 0 Å². The van der Waals surface area contributed by atoms with Gasteiger partial charge in [-0.05, 0) is 75.2 Å². The first kappa shape index (κ1) is 23.5. The van der Waals surface area contributed by atoms with Crippen molar-refractivity contribution < 1.29 is 14.1 Å². The van der Waals surface area contributed by atoms with Gasteiger partial charge in [-0.3, -0.25) is 14.5 Å². The number of nitrogens with one attached hydrogen (secondary N) is 1. The summed E-state index contributed by atoms with van der Waals surface area (Å²) in [5.74, 6) is 0.939.